The maximum atomic E-state index is 12.3. The maximum Gasteiger partial charge on any atom is 0.326 e. The minimum atomic E-state index is -1.17. The van der Waals surface area contributed by atoms with Gasteiger partial charge in [-0.05, 0) is 29.7 Å². The van der Waals surface area contributed by atoms with Crippen LogP contribution in [0.25, 0.3) is 0 Å². The van der Waals surface area contributed by atoms with Crippen LogP contribution in [0.15, 0.2) is 0 Å². The lowest BCUT2D eigenvalue weighted by atomic mass is 10.0. The number of hydrogen-bond acceptors (Lipinski definition) is 12. The van der Waals surface area contributed by atoms with Gasteiger partial charge in [0.15, 0.2) is 0 Å². The molecular formula is C34H60N7O10. The number of aromatic nitrogens is 4. The monoisotopic (exact) mass is 726 g/mol. The van der Waals surface area contributed by atoms with Crippen molar-refractivity contribution in [3.63, 3.8) is 0 Å². The minimum Gasteiger partial charge on any atom is -0.480 e. The van der Waals surface area contributed by atoms with Gasteiger partial charge in [-0.2, -0.15) is 0 Å². The van der Waals surface area contributed by atoms with Crippen molar-refractivity contribution >= 4 is 30.0 Å². The number of hydrogen-bond donors (Lipinski definition) is 5. The predicted octanol–water partition coefficient (Wildman–Crippen LogP) is 1.96. The summed E-state index contributed by atoms with van der Waals surface area (Å²) in [6, 6.07) is -1.12. The quantitative estimate of drug-likeness (QED) is 0.0618. The number of carbonyl (C=O) groups excluding carboxylic acids is 4. The Morgan fingerprint density at radius 1 is 0.667 bits per heavy atom. The van der Waals surface area contributed by atoms with E-state index >= 15 is 0 Å². The minimum absolute atomic E-state index is 0.00785. The highest BCUT2D eigenvalue weighted by Crippen LogP contribution is 2.13. The average molecular weight is 727 g/mol. The SMILES string of the molecule is O=[C]COCCOCCNC(=O)COCCOCCNC(=O)CC[C@H](NC(=O)CCCCCCCCCCCCCCCc1nnn[nH]1)C(=O)O. The van der Waals surface area contributed by atoms with E-state index in [9.17, 15) is 29.1 Å². The zero-order valence-corrected chi connectivity index (χ0v) is 30.1. The van der Waals surface area contributed by atoms with Crippen LogP contribution in [-0.2, 0) is 49.3 Å². The molecule has 17 nitrogen and oxygen atoms in total. The van der Waals surface area contributed by atoms with Gasteiger partial charge in [0.25, 0.3) is 0 Å². The summed E-state index contributed by atoms with van der Waals surface area (Å²) in [5.41, 5.74) is 0. The summed E-state index contributed by atoms with van der Waals surface area (Å²) in [6.07, 6.45) is 17.7. The second-order valence-corrected chi connectivity index (χ2v) is 12.1. The normalized spacial score (nSPS) is 11.6. The largest absolute Gasteiger partial charge is 0.480 e. The second kappa shape index (κ2) is 33.6. The molecule has 1 rings (SSSR count). The van der Waals surface area contributed by atoms with Crippen molar-refractivity contribution in [2.75, 3.05) is 65.9 Å². The molecule has 5 N–H and O–H groups in total. The maximum absolute atomic E-state index is 12.3. The third kappa shape index (κ3) is 29.9. The van der Waals surface area contributed by atoms with Crippen LogP contribution in [0.3, 0.4) is 0 Å². The van der Waals surface area contributed by atoms with Gasteiger partial charge < -0.3 is 40.0 Å². The van der Waals surface area contributed by atoms with Gasteiger partial charge in [-0.1, -0.05) is 70.6 Å². The van der Waals surface area contributed by atoms with Crippen molar-refractivity contribution in [3.8, 4) is 0 Å². The van der Waals surface area contributed by atoms with Crippen molar-refractivity contribution in [2.45, 2.75) is 115 Å². The highest BCUT2D eigenvalue weighted by molar-refractivity contribution is 5.84. The Morgan fingerprint density at radius 2 is 1.22 bits per heavy atom. The van der Waals surface area contributed by atoms with Gasteiger partial charge in [0.05, 0.1) is 39.6 Å². The highest BCUT2D eigenvalue weighted by atomic mass is 16.5. The lowest BCUT2D eigenvalue weighted by Crippen LogP contribution is -2.41. The van der Waals surface area contributed by atoms with Crippen LogP contribution in [0.4, 0.5) is 0 Å². The molecule has 0 aromatic carbocycles. The van der Waals surface area contributed by atoms with E-state index in [1.165, 1.54) is 51.4 Å². The third-order valence-corrected chi connectivity index (χ3v) is 7.78. The fourth-order valence-electron chi connectivity index (χ4n) is 4.99. The summed E-state index contributed by atoms with van der Waals surface area (Å²) < 4.78 is 20.7. The van der Waals surface area contributed by atoms with Gasteiger partial charge in [0.1, 0.15) is 25.1 Å². The first-order valence-corrected chi connectivity index (χ1v) is 18.4. The number of aromatic amines is 1. The third-order valence-electron chi connectivity index (χ3n) is 7.78. The van der Waals surface area contributed by atoms with Gasteiger partial charge in [0.2, 0.25) is 24.0 Å². The summed E-state index contributed by atoms with van der Waals surface area (Å²) >= 11 is 0. The Labute approximate surface area is 301 Å². The summed E-state index contributed by atoms with van der Waals surface area (Å²) in [5.74, 6) is -1.25. The topological polar surface area (TPSA) is 233 Å². The molecule has 0 bridgehead atoms. The Morgan fingerprint density at radius 3 is 1.78 bits per heavy atom. The molecule has 0 unspecified atom stereocenters. The van der Waals surface area contributed by atoms with Crippen LogP contribution in [-0.4, -0.2) is 128 Å². The number of nitrogens with one attached hydrogen (secondary N) is 4. The van der Waals surface area contributed by atoms with Gasteiger partial charge in [-0.25, -0.2) is 9.89 Å². The van der Waals surface area contributed by atoms with Gasteiger partial charge in [-0.3, -0.25) is 19.2 Å². The molecular weight excluding hydrogens is 666 g/mol. The van der Waals surface area contributed by atoms with Crippen molar-refractivity contribution in [3.05, 3.63) is 5.82 Å². The number of amides is 3. The van der Waals surface area contributed by atoms with E-state index < -0.39 is 12.0 Å². The van der Waals surface area contributed by atoms with Crippen molar-refractivity contribution in [2.24, 2.45) is 0 Å². The lowest BCUT2D eigenvalue weighted by Gasteiger charge is -2.14. The molecule has 0 aliphatic carbocycles. The van der Waals surface area contributed by atoms with E-state index in [4.69, 9.17) is 18.9 Å². The molecule has 1 aromatic rings. The fraction of sp³-hybridized carbons (Fsp3) is 0.824. The zero-order chi connectivity index (χ0) is 37.0. The molecule has 1 aromatic heterocycles. The number of tetrazole rings is 1. The van der Waals surface area contributed by atoms with Gasteiger partial charge in [0, 0.05) is 32.4 Å². The van der Waals surface area contributed by atoms with Crippen molar-refractivity contribution in [1.82, 2.24) is 36.6 Å². The molecule has 1 radical (unpaired) electrons. The van der Waals surface area contributed by atoms with Crippen LogP contribution in [0.5, 0.6) is 0 Å². The highest BCUT2D eigenvalue weighted by Gasteiger charge is 2.20. The summed E-state index contributed by atoms with van der Waals surface area (Å²) in [4.78, 5) is 57.7. The molecule has 0 aliphatic heterocycles. The Bertz CT molecular complexity index is 1030. The molecule has 0 saturated carbocycles. The smallest absolute Gasteiger partial charge is 0.326 e. The standard InChI is InChI=1S/C34H60N7O10/c42-20-23-50-25-24-48-22-19-36-33(45)28-51-27-26-49-21-18-35-31(43)17-16-29(34(46)47)37-32(44)15-13-11-9-7-5-3-1-2-4-6-8-10-12-14-30-38-40-41-39-30/h29H,1-19,21-28H2,(H,35,43)(H,36,45)(H,37,44)(H,46,47)(H,38,39,40,41)/t29-/m0/s1. The first-order chi connectivity index (χ1) is 24.9. The van der Waals surface area contributed by atoms with Gasteiger partial charge in [-0.15, -0.1) is 5.10 Å². The number of ether oxygens (including phenoxy) is 4. The Kier molecular flexibility index (Phi) is 30.0. The molecule has 17 heteroatoms. The number of aliphatic carboxylic acids is 1. The molecule has 0 spiro atoms. The van der Waals surface area contributed by atoms with E-state index in [2.05, 4.69) is 36.6 Å². The fourth-order valence-corrected chi connectivity index (χ4v) is 4.99. The molecule has 1 atom stereocenters. The van der Waals surface area contributed by atoms with Gasteiger partial charge >= 0.3 is 5.97 Å². The number of H-pyrrole nitrogens is 1. The first kappa shape index (κ1) is 45.5. The molecule has 3 amide bonds. The summed E-state index contributed by atoms with van der Waals surface area (Å²) in [6.45, 7) is 1.84. The van der Waals surface area contributed by atoms with Crippen LogP contribution < -0.4 is 16.0 Å². The first-order valence-electron chi connectivity index (χ1n) is 18.4. The van der Waals surface area contributed by atoms with E-state index in [1.54, 1.807) is 6.29 Å². The number of rotatable bonds is 37. The van der Waals surface area contributed by atoms with E-state index in [1.807, 2.05) is 0 Å². The van der Waals surface area contributed by atoms with Crippen LogP contribution in [0.1, 0.15) is 109 Å². The number of unbranched alkanes of at least 4 members (excludes halogenated alkanes) is 12. The zero-order valence-electron chi connectivity index (χ0n) is 30.1. The van der Waals surface area contributed by atoms with Crippen LogP contribution >= 0.6 is 0 Å². The molecule has 1 heterocycles. The van der Waals surface area contributed by atoms with E-state index in [0.717, 1.165) is 37.9 Å². The lowest BCUT2D eigenvalue weighted by molar-refractivity contribution is -0.142. The number of carboxylic acids is 1. The van der Waals surface area contributed by atoms with Crippen molar-refractivity contribution in [1.29, 1.82) is 0 Å². The number of carbonyl (C=O) groups is 4. The van der Waals surface area contributed by atoms with Crippen molar-refractivity contribution < 1.29 is 48.0 Å². The average Bonchev–Trinajstić information content (AvgIpc) is 3.64. The number of carboxylic acid groups (broad SMARTS) is 1. The molecule has 51 heavy (non-hydrogen) atoms. The molecule has 0 aliphatic rings. The number of aryl methyl sites for hydroxylation is 1. The Hall–Kier alpha value is -3.54. The predicted molar refractivity (Wildman–Crippen MR) is 186 cm³/mol. The van der Waals surface area contributed by atoms with Crippen LogP contribution in [0.2, 0.25) is 0 Å². The summed E-state index contributed by atoms with van der Waals surface area (Å²) in [7, 11) is 0. The molecule has 0 fully saturated rings. The second-order valence-electron chi connectivity index (χ2n) is 12.1. The molecule has 291 valence electrons. The summed E-state index contributed by atoms with van der Waals surface area (Å²) in [5, 5.41) is 31.2. The molecule has 0 saturated heterocycles. The van der Waals surface area contributed by atoms with Crippen LogP contribution in [0, 0.1) is 0 Å². The van der Waals surface area contributed by atoms with E-state index in [0.29, 0.717) is 26.2 Å². The Balaban J connectivity index is 1.90. The van der Waals surface area contributed by atoms with E-state index in [-0.39, 0.29) is 83.2 Å². The number of nitrogens with zero attached hydrogens (tertiary/aromatic N) is 3.